The Morgan fingerprint density at radius 2 is 2.00 bits per heavy atom. The molecule has 0 amide bonds. The van der Waals surface area contributed by atoms with Crippen molar-refractivity contribution < 1.29 is 4.79 Å². The van der Waals surface area contributed by atoms with Gasteiger partial charge in [-0.15, -0.1) is 0 Å². The molecular weight excluding hydrogens is 304 g/mol. The summed E-state index contributed by atoms with van der Waals surface area (Å²) in [4.78, 5) is 17.8. The summed E-state index contributed by atoms with van der Waals surface area (Å²) in [5.74, 6) is 0.342. The molecule has 0 unspecified atom stereocenters. The average Bonchev–Trinajstić information content (AvgIpc) is 2.81. The number of aldehydes is 1. The van der Waals surface area contributed by atoms with E-state index in [1.165, 1.54) is 24.8 Å². The highest BCUT2D eigenvalue weighted by Crippen LogP contribution is 2.26. The summed E-state index contributed by atoms with van der Waals surface area (Å²) in [5.41, 5.74) is 3.14. The smallest absolute Gasteiger partial charge is 0.185 e. The number of halogens is 1. The lowest BCUT2D eigenvalue weighted by Crippen LogP contribution is -1.86. The lowest BCUT2D eigenvalue weighted by Gasteiger charge is -2.02. The van der Waals surface area contributed by atoms with E-state index in [1.54, 1.807) is 0 Å². The first-order valence-corrected chi connectivity index (χ1v) is 7.34. The maximum atomic E-state index is 10.7. The van der Waals surface area contributed by atoms with Gasteiger partial charge >= 0.3 is 0 Å². The molecular formula is C15H17BrN2O. The predicted molar refractivity (Wildman–Crippen MR) is 80.3 cm³/mol. The molecule has 1 N–H and O–H groups in total. The number of rotatable bonds is 6. The molecule has 0 spiro atoms. The van der Waals surface area contributed by atoms with Gasteiger partial charge in [0, 0.05) is 5.56 Å². The van der Waals surface area contributed by atoms with E-state index in [1.807, 2.05) is 0 Å². The average molecular weight is 321 g/mol. The second kappa shape index (κ2) is 6.66. The minimum atomic E-state index is 0.342. The number of H-pyrrole nitrogens is 1. The summed E-state index contributed by atoms with van der Waals surface area (Å²) in [6, 6.07) is 8.37. The first-order valence-electron chi connectivity index (χ1n) is 6.54. The van der Waals surface area contributed by atoms with Gasteiger partial charge in [0.05, 0.1) is 0 Å². The number of carbonyl (C=O) groups is 1. The highest BCUT2D eigenvalue weighted by molar-refractivity contribution is 9.10. The molecule has 0 aliphatic carbocycles. The van der Waals surface area contributed by atoms with Crippen LogP contribution in [0.2, 0.25) is 0 Å². The third-order valence-corrected chi connectivity index (χ3v) is 3.66. The number of benzene rings is 1. The van der Waals surface area contributed by atoms with Crippen LogP contribution in [0.5, 0.6) is 0 Å². The van der Waals surface area contributed by atoms with Gasteiger partial charge in [-0.05, 0) is 34.3 Å². The standard InChI is InChI=1S/C15H17BrN2O/c1-2-3-4-5-11-6-8-12(9-7-11)14-15(16)18-13(10-19)17-14/h6-10H,2-5H2,1H3,(H,17,18). The molecule has 4 heteroatoms. The van der Waals surface area contributed by atoms with Crippen LogP contribution in [0.15, 0.2) is 28.9 Å². The molecule has 2 aromatic rings. The number of hydrogen-bond donors (Lipinski definition) is 1. The second-order valence-corrected chi connectivity index (χ2v) is 5.35. The van der Waals surface area contributed by atoms with Gasteiger partial charge in [0.1, 0.15) is 10.3 Å². The number of imidazole rings is 1. The van der Waals surface area contributed by atoms with Crippen LogP contribution in [-0.4, -0.2) is 16.3 Å². The number of nitrogens with zero attached hydrogens (tertiary/aromatic N) is 1. The van der Waals surface area contributed by atoms with Gasteiger partial charge in [-0.25, -0.2) is 4.98 Å². The van der Waals surface area contributed by atoms with Gasteiger partial charge in [0.25, 0.3) is 0 Å². The molecule has 0 aliphatic rings. The number of aromatic nitrogens is 2. The molecule has 0 aliphatic heterocycles. The van der Waals surface area contributed by atoms with Crippen LogP contribution in [-0.2, 0) is 6.42 Å². The molecule has 0 bridgehead atoms. The van der Waals surface area contributed by atoms with Crippen molar-refractivity contribution in [1.29, 1.82) is 0 Å². The van der Waals surface area contributed by atoms with Gasteiger partial charge in [-0.3, -0.25) is 4.79 Å². The molecule has 3 nitrogen and oxygen atoms in total. The summed E-state index contributed by atoms with van der Waals surface area (Å²) in [6.07, 6.45) is 5.59. The number of nitrogens with one attached hydrogen (secondary N) is 1. The fourth-order valence-electron chi connectivity index (χ4n) is 2.02. The van der Waals surface area contributed by atoms with E-state index in [-0.39, 0.29) is 0 Å². The van der Waals surface area contributed by atoms with Crippen LogP contribution in [0.25, 0.3) is 11.3 Å². The topological polar surface area (TPSA) is 45.8 Å². The van der Waals surface area contributed by atoms with Crippen molar-refractivity contribution in [3.63, 3.8) is 0 Å². The van der Waals surface area contributed by atoms with Gasteiger partial charge in [-0.2, -0.15) is 0 Å². The maximum absolute atomic E-state index is 10.7. The fourth-order valence-corrected chi connectivity index (χ4v) is 2.55. The zero-order valence-corrected chi connectivity index (χ0v) is 12.5. The Kier molecular flexibility index (Phi) is 4.91. The Morgan fingerprint density at radius 3 is 2.58 bits per heavy atom. The molecule has 1 aromatic carbocycles. The number of unbranched alkanes of at least 4 members (excludes halogenated alkanes) is 2. The predicted octanol–water partition coefficient (Wildman–Crippen LogP) is 4.38. The van der Waals surface area contributed by atoms with Crippen molar-refractivity contribution in [2.45, 2.75) is 32.6 Å². The lowest BCUT2D eigenvalue weighted by atomic mass is 10.0. The molecule has 0 radical (unpaired) electrons. The molecule has 2 rings (SSSR count). The van der Waals surface area contributed by atoms with E-state index in [4.69, 9.17) is 0 Å². The van der Waals surface area contributed by atoms with Gasteiger partial charge in [0.2, 0.25) is 0 Å². The number of hydrogen-bond acceptors (Lipinski definition) is 2. The van der Waals surface area contributed by atoms with Crippen LogP contribution in [0, 0.1) is 0 Å². The van der Waals surface area contributed by atoms with Crippen LogP contribution in [0.1, 0.15) is 42.4 Å². The molecule has 0 atom stereocenters. The van der Waals surface area contributed by atoms with Crippen LogP contribution in [0.3, 0.4) is 0 Å². The van der Waals surface area contributed by atoms with E-state index >= 15 is 0 Å². The SMILES string of the molecule is CCCCCc1ccc(-c2nc(C=O)[nH]c2Br)cc1. The van der Waals surface area contributed by atoms with Gasteiger partial charge in [0.15, 0.2) is 12.1 Å². The Morgan fingerprint density at radius 1 is 1.26 bits per heavy atom. The van der Waals surface area contributed by atoms with Gasteiger partial charge < -0.3 is 4.98 Å². The largest absolute Gasteiger partial charge is 0.330 e. The summed E-state index contributed by atoms with van der Waals surface area (Å²) in [7, 11) is 0. The Bertz CT molecular complexity index is 546. The summed E-state index contributed by atoms with van der Waals surface area (Å²) in [5, 5.41) is 0. The quantitative estimate of drug-likeness (QED) is 0.634. The highest BCUT2D eigenvalue weighted by Gasteiger charge is 2.09. The molecule has 1 heterocycles. The van der Waals surface area contributed by atoms with Crippen molar-refractivity contribution in [2.24, 2.45) is 0 Å². The van der Waals surface area contributed by atoms with Crippen LogP contribution >= 0.6 is 15.9 Å². The summed E-state index contributed by atoms with van der Waals surface area (Å²) < 4.78 is 0.744. The zero-order valence-electron chi connectivity index (χ0n) is 10.9. The molecule has 1 aromatic heterocycles. The van der Waals surface area contributed by atoms with Crippen molar-refractivity contribution in [3.05, 3.63) is 40.3 Å². The van der Waals surface area contributed by atoms with Crippen molar-refractivity contribution in [1.82, 2.24) is 9.97 Å². The monoisotopic (exact) mass is 320 g/mol. The molecule has 0 fully saturated rings. The van der Waals surface area contributed by atoms with Crippen LogP contribution in [0.4, 0.5) is 0 Å². The van der Waals surface area contributed by atoms with E-state index in [9.17, 15) is 4.79 Å². The van der Waals surface area contributed by atoms with Crippen LogP contribution < -0.4 is 0 Å². The summed E-state index contributed by atoms with van der Waals surface area (Å²) >= 11 is 3.39. The van der Waals surface area contributed by atoms with E-state index in [2.05, 4.69) is 57.1 Å². The lowest BCUT2D eigenvalue weighted by molar-refractivity contribution is 0.111. The van der Waals surface area contributed by atoms with Crippen molar-refractivity contribution in [3.8, 4) is 11.3 Å². The summed E-state index contributed by atoms with van der Waals surface area (Å²) in [6.45, 7) is 2.21. The highest BCUT2D eigenvalue weighted by atomic mass is 79.9. The maximum Gasteiger partial charge on any atom is 0.185 e. The fraction of sp³-hybridized carbons (Fsp3) is 0.333. The number of carbonyl (C=O) groups excluding carboxylic acids is 1. The number of aromatic amines is 1. The third-order valence-electron chi connectivity index (χ3n) is 3.09. The van der Waals surface area contributed by atoms with E-state index in [0.717, 1.165) is 22.3 Å². The zero-order chi connectivity index (χ0) is 13.7. The van der Waals surface area contributed by atoms with E-state index < -0.39 is 0 Å². The molecule has 19 heavy (non-hydrogen) atoms. The molecule has 0 saturated heterocycles. The minimum absolute atomic E-state index is 0.342. The minimum Gasteiger partial charge on any atom is -0.330 e. The second-order valence-electron chi connectivity index (χ2n) is 4.56. The Balaban J connectivity index is 2.13. The molecule has 0 saturated carbocycles. The Hall–Kier alpha value is -1.42. The number of aryl methyl sites for hydroxylation is 1. The van der Waals surface area contributed by atoms with Crippen molar-refractivity contribution >= 4 is 22.2 Å². The first-order chi connectivity index (χ1) is 9.24. The molecule has 100 valence electrons. The first kappa shape index (κ1) is 14.0. The van der Waals surface area contributed by atoms with Gasteiger partial charge in [-0.1, -0.05) is 44.0 Å². The van der Waals surface area contributed by atoms with Crippen molar-refractivity contribution in [2.75, 3.05) is 0 Å². The Labute approximate surface area is 121 Å². The normalized spacial score (nSPS) is 10.6. The van der Waals surface area contributed by atoms with E-state index in [0.29, 0.717) is 12.1 Å². The third kappa shape index (κ3) is 3.53.